The van der Waals surface area contributed by atoms with Crippen molar-refractivity contribution in [2.75, 3.05) is 5.32 Å². The molecular formula is C14H19NO3. The Bertz CT molecular complexity index is 478. The molecule has 0 unspecified atom stereocenters. The fourth-order valence-electron chi connectivity index (χ4n) is 1.39. The van der Waals surface area contributed by atoms with Crippen molar-refractivity contribution in [1.29, 1.82) is 0 Å². The average molecular weight is 249 g/mol. The number of nitrogens with one attached hydrogen (secondary N) is 1. The lowest BCUT2D eigenvalue weighted by atomic mass is 9.89. The predicted octanol–water partition coefficient (Wildman–Crippen LogP) is 3.07. The van der Waals surface area contributed by atoms with E-state index in [4.69, 9.17) is 5.11 Å². The first-order chi connectivity index (χ1) is 8.27. The molecule has 1 rings (SSSR count). The van der Waals surface area contributed by atoms with Crippen LogP contribution in [0, 0.1) is 12.3 Å². The van der Waals surface area contributed by atoms with Gasteiger partial charge >= 0.3 is 5.97 Å². The Labute approximate surface area is 107 Å². The Hall–Kier alpha value is -1.84. The maximum Gasteiger partial charge on any atom is 0.336 e. The number of hydrogen-bond acceptors (Lipinski definition) is 2. The van der Waals surface area contributed by atoms with Crippen LogP contribution in [-0.2, 0) is 4.79 Å². The molecule has 0 aliphatic heterocycles. The Balaban J connectivity index is 2.96. The molecule has 0 aromatic heterocycles. The molecule has 0 aliphatic rings. The molecular weight excluding hydrogens is 230 g/mol. The molecule has 1 aromatic rings. The molecule has 0 saturated carbocycles. The van der Waals surface area contributed by atoms with Crippen LogP contribution in [-0.4, -0.2) is 17.0 Å². The van der Waals surface area contributed by atoms with Crippen LogP contribution in [0.2, 0.25) is 0 Å². The number of carboxylic acid groups (broad SMARTS) is 1. The summed E-state index contributed by atoms with van der Waals surface area (Å²) < 4.78 is 0. The summed E-state index contributed by atoms with van der Waals surface area (Å²) >= 11 is 0. The summed E-state index contributed by atoms with van der Waals surface area (Å²) in [5.41, 5.74) is 0.941. The van der Waals surface area contributed by atoms with Gasteiger partial charge in [-0.15, -0.1) is 0 Å². The molecule has 0 bridgehead atoms. The third kappa shape index (κ3) is 3.09. The third-order valence-corrected chi connectivity index (χ3v) is 3.22. The molecule has 1 aromatic carbocycles. The highest BCUT2D eigenvalue weighted by atomic mass is 16.4. The molecule has 2 N–H and O–H groups in total. The third-order valence-electron chi connectivity index (χ3n) is 3.22. The van der Waals surface area contributed by atoms with E-state index in [0.717, 1.165) is 6.42 Å². The SMILES string of the molecule is CCC(C)(C)C(=O)Nc1ccc(C)c(C(=O)O)c1. The number of rotatable bonds is 4. The molecule has 0 spiro atoms. The molecule has 4 heteroatoms. The van der Waals surface area contributed by atoms with E-state index in [1.807, 2.05) is 20.8 Å². The number of hydrogen-bond donors (Lipinski definition) is 2. The normalized spacial score (nSPS) is 11.1. The van der Waals surface area contributed by atoms with Gasteiger partial charge < -0.3 is 10.4 Å². The van der Waals surface area contributed by atoms with Gasteiger partial charge in [-0.1, -0.05) is 26.8 Å². The quantitative estimate of drug-likeness (QED) is 0.861. The van der Waals surface area contributed by atoms with Crippen molar-refractivity contribution in [1.82, 2.24) is 0 Å². The monoisotopic (exact) mass is 249 g/mol. The van der Waals surface area contributed by atoms with Crippen LogP contribution in [0.1, 0.15) is 43.1 Å². The first-order valence-corrected chi connectivity index (χ1v) is 5.93. The fraction of sp³-hybridized carbons (Fsp3) is 0.429. The lowest BCUT2D eigenvalue weighted by Crippen LogP contribution is -2.30. The van der Waals surface area contributed by atoms with Crippen molar-refractivity contribution in [3.8, 4) is 0 Å². The summed E-state index contributed by atoms with van der Waals surface area (Å²) in [4.78, 5) is 23.0. The number of aryl methyl sites for hydroxylation is 1. The van der Waals surface area contributed by atoms with E-state index >= 15 is 0 Å². The van der Waals surface area contributed by atoms with E-state index in [0.29, 0.717) is 11.3 Å². The molecule has 0 saturated heterocycles. The zero-order valence-corrected chi connectivity index (χ0v) is 11.2. The van der Waals surface area contributed by atoms with E-state index in [1.54, 1.807) is 19.1 Å². The van der Waals surface area contributed by atoms with Crippen molar-refractivity contribution in [2.45, 2.75) is 34.1 Å². The van der Waals surface area contributed by atoms with Gasteiger partial charge in [-0.05, 0) is 31.0 Å². The second kappa shape index (κ2) is 5.21. The van der Waals surface area contributed by atoms with E-state index < -0.39 is 11.4 Å². The topological polar surface area (TPSA) is 66.4 Å². The van der Waals surface area contributed by atoms with Gasteiger partial charge in [0.1, 0.15) is 0 Å². The van der Waals surface area contributed by atoms with Crippen LogP contribution in [0.3, 0.4) is 0 Å². The minimum atomic E-state index is -0.988. The van der Waals surface area contributed by atoms with Gasteiger partial charge in [0.15, 0.2) is 0 Å². The van der Waals surface area contributed by atoms with Gasteiger partial charge in [0, 0.05) is 11.1 Å². The molecule has 0 aliphatic carbocycles. The largest absolute Gasteiger partial charge is 0.478 e. The smallest absolute Gasteiger partial charge is 0.336 e. The van der Waals surface area contributed by atoms with E-state index in [-0.39, 0.29) is 11.5 Å². The Kier molecular flexibility index (Phi) is 4.11. The molecule has 18 heavy (non-hydrogen) atoms. The lowest BCUT2D eigenvalue weighted by Gasteiger charge is -2.21. The zero-order chi connectivity index (χ0) is 13.9. The molecule has 4 nitrogen and oxygen atoms in total. The molecule has 0 radical (unpaired) electrons. The highest BCUT2D eigenvalue weighted by Crippen LogP contribution is 2.23. The minimum absolute atomic E-state index is 0.106. The number of benzene rings is 1. The van der Waals surface area contributed by atoms with Gasteiger partial charge in [-0.3, -0.25) is 4.79 Å². The van der Waals surface area contributed by atoms with E-state index in [2.05, 4.69) is 5.32 Å². The second-order valence-corrected chi connectivity index (χ2v) is 5.03. The summed E-state index contributed by atoms with van der Waals surface area (Å²) in [7, 11) is 0. The van der Waals surface area contributed by atoms with Gasteiger partial charge in [0.05, 0.1) is 5.56 Å². The Morgan fingerprint density at radius 2 is 1.94 bits per heavy atom. The highest BCUT2D eigenvalue weighted by molar-refractivity contribution is 5.97. The predicted molar refractivity (Wildman–Crippen MR) is 70.8 cm³/mol. The van der Waals surface area contributed by atoms with E-state index in [1.165, 1.54) is 6.07 Å². The average Bonchev–Trinajstić information content (AvgIpc) is 2.31. The van der Waals surface area contributed by atoms with Crippen LogP contribution in [0.25, 0.3) is 0 Å². The molecule has 1 amide bonds. The van der Waals surface area contributed by atoms with Gasteiger partial charge in [0.2, 0.25) is 5.91 Å². The minimum Gasteiger partial charge on any atom is -0.478 e. The van der Waals surface area contributed by atoms with Gasteiger partial charge in [-0.2, -0.15) is 0 Å². The summed E-state index contributed by atoms with van der Waals surface area (Å²) in [5, 5.41) is 11.8. The van der Waals surface area contributed by atoms with Gasteiger partial charge in [0.25, 0.3) is 0 Å². The van der Waals surface area contributed by atoms with Crippen LogP contribution in [0.5, 0.6) is 0 Å². The number of carboxylic acids is 1. The number of anilines is 1. The summed E-state index contributed by atoms with van der Waals surface area (Å²) in [6.45, 7) is 7.38. The molecule has 98 valence electrons. The van der Waals surface area contributed by atoms with Crippen LogP contribution >= 0.6 is 0 Å². The van der Waals surface area contributed by atoms with Crippen LogP contribution in [0.4, 0.5) is 5.69 Å². The lowest BCUT2D eigenvalue weighted by molar-refractivity contribution is -0.124. The summed E-state index contributed by atoms with van der Waals surface area (Å²) in [6.07, 6.45) is 0.719. The molecule has 0 fully saturated rings. The first-order valence-electron chi connectivity index (χ1n) is 5.93. The first kappa shape index (κ1) is 14.2. The maximum atomic E-state index is 12.0. The standard InChI is InChI=1S/C14H19NO3/c1-5-14(3,4)13(18)15-10-7-6-9(2)11(8-10)12(16)17/h6-8H,5H2,1-4H3,(H,15,18)(H,16,17). The van der Waals surface area contributed by atoms with E-state index in [9.17, 15) is 9.59 Å². The number of carbonyl (C=O) groups excluding carboxylic acids is 1. The molecule has 0 atom stereocenters. The number of amides is 1. The Morgan fingerprint density at radius 1 is 1.33 bits per heavy atom. The maximum absolute atomic E-state index is 12.0. The van der Waals surface area contributed by atoms with Crippen molar-refractivity contribution in [2.24, 2.45) is 5.41 Å². The molecule has 0 heterocycles. The summed E-state index contributed by atoms with van der Waals surface area (Å²) in [6, 6.07) is 4.89. The fourth-order valence-corrected chi connectivity index (χ4v) is 1.39. The van der Waals surface area contributed by atoms with Crippen molar-refractivity contribution >= 4 is 17.6 Å². The van der Waals surface area contributed by atoms with Gasteiger partial charge in [-0.25, -0.2) is 4.79 Å². The summed E-state index contributed by atoms with van der Waals surface area (Å²) in [5.74, 6) is -1.09. The van der Waals surface area contributed by atoms with Crippen molar-refractivity contribution in [3.05, 3.63) is 29.3 Å². The van der Waals surface area contributed by atoms with Crippen LogP contribution < -0.4 is 5.32 Å². The second-order valence-electron chi connectivity index (χ2n) is 5.03. The number of carbonyl (C=O) groups is 2. The zero-order valence-electron chi connectivity index (χ0n) is 11.2. The van der Waals surface area contributed by atoms with Crippen molar-refractivity contribution in [3.63, 3.8) is 0 Å². The Morgan fingerprint density at radius 3 is 2.44 bits per heavy atom. The van der Waals surface area contributed by atoms with Crippen molar-refractivity contribution < 1.29 is 14.7 Å². The number of aromatic carboxylic acids is 1. The highest BCUT2D eigenvalue weighted by Gasteiger charge is 2.25. The van der Waals surface area contributed by atoms with Crippen LogP contribution in [0.15, 0.2) is 18.2 Å².